The highest BCUT2D eigenvalue weighted by Crippen LogP contribution is 2.23. The van der Waals surface area contributed by atoms with Crippen molar-refractivity contribution in [2.24, 2.45) is 0 Å². The lowest BCUT2D eigenvalue weighted by Crippen LogP contribution is -2.29. The van der Waals surface area contributed by atoms with Crippen LogP contribution in [0.4, 0.5) is 4.39 Å². The number of halogens is 2. The van der Waals surface area contributed by atoms with Crippen molar-refractivity contribution in [1.82, 2.24) is 0 Å². The maximum atomic E-state index is 13.5. The van der Waals surface area contributed by atoms with Crippen LogP contribution in [0.5, 0.6) is 11.5 Å². The molecule has 0 saturated heterocycles. The van der Waals surface area contributed by atoms with Crippen LogP contribution in [0.1, 0.15) is 0 Å². The minimum absolute atomic E-state index is 0.00608. The van der Waals surface area contributed by atoms with E-state index in [0.717, 1.165) is 0 Å². The molecule has 0 unspecified atom stereocenters. The second-order valence-corrected chi connectivity index (χ2v) is 4.60. The summed E-state index contributed by atoms with van der Waals surface area (Å²) < 4.78 is 24.2. The van der Waals surface area contributed by atoms with Gasteiger partial charge in [0.1, 0.15) is 19.0 Å². The third-order valence-electron chi connectivity index (χ3n) is 2.70. The lowest BCUT2D eigenvalue weighted by Gasteiger charge is -2.10. The Balaban J connectivity index is 1.80. The molecule has 0 aliphatic rings. The van der Waals surface area contributed by atoms with E-state index >= 15 is 0 Å². The average Bonchev–Trinajstić information content (AvgIpc) is 2.48. The van der Waals surface area contributed by atoms with E-state index < -0.39 is 12.9 Å². The molecule has 0 saturated carbocycles. The predicted octanol–water partition coefficient (Wildman–Crippen LogP) is 1.62. The molecular formula is C14H13BClFO4. The zero-order valence-corrected chi connectivity index (χ0v) is 11.8. The first-order valence-corrected chi connectivity index (χ1v) is 6.61. The summed E-state index contributed by atoms with van der Waals surface area (Å²) in [4.78, 5) is 0. The summed E-state index contributed by atoms with van der Waals surface area (Å²) in [5, 5.41) is 17.9. The topological polar surface area (TPSA) is 58.9 Å². The molecule has 0 heterocycles. The van der Waals surface area contributed by atoms with E-state index in [4.69, 9.17) is 31.1 Å². The van der Waals surface area contributed by atoms with Crippen molar-refractivity contribution in [2.45, 2.75) is 0 Å². The molecule has 0 spiro atoms. The summed E-state index contributed by atoms with van der Waals surface area (Å²) in [7, 11) is -1.51. The molecule has 4 nitrogen and oxygen atoms in total. The van der Waals surface area contributed by atoms with Crippen LogP contribution in [0.3, 0.4) is 0 Å². The molecular weight excluding hydrogens is 297 g/mol. The molecule has 0 aromatic heterocycles. The molecule has 2 aromatic carbocycles. The van der Waals surface area contributed by atoms with E-state index in [2.05, 4.69) is 0 Å². The summed E-state index contributed by atoms with van der Waals surface area (Å²) in [6.45, 7) is 0.370. The summed E-state index contributed by atoms with van der Waals surface area (Å²) in [5.41, 5.74) is 0.375. The molecule has 110 valence electrons. The minimum Gasteiger partial charge on any atom is -0.490 e. The average molecular weight is 311 g/mol. The van der Waals surface area contributed by atoms with Crippen LogP contribution in [0.15, 0.2) is 42.5 Å². The number of ether oxygens (including phenoxy) is 2. The lowest BCUT2D eigenvalue weighted by molar-refractivity contribution is 0.211. The Morgan fingerprint density at radius 3 is 2.33 bits per heavy atom. The molecule has 0 bridgehead atoms. The Bertz CT molecular complexity index is 592. The number of hydrogen-bond donors (Lipinski definition) is 2. The van der Waals surface area contributed by atoms with Crippen molar-refractivity contribution < 1.29 is 23.9 Å². The maximum absolute atomic E-state index is 13.5. The summed E-state index contributed by atoms with van der Waals surface area (Å²) >= 11 is 5.64. The van der Waals surface area contributed by atoms with Gasteiger partial charge in [0.05, 0.1) is 5.02 Å². The summed E-state index contributed by atoms with van der Waals surface area (Å²) in [6, 6.07) is 10.8. The summed E-state index contributed by atoms with van der Waals surface area (Å²) in [5.74, 6) is 0.0277. The predicted molar refractivity (Wildman–Crippen MR) is 78.7 cm³/mol. The SMILES string of the molecule is OB(O)c1ccc(OCCOc2cccc(Cl)c2F)cc1. The first-order valence-electron chi connectivity index (χ1n) is 6.23. The highest BCUT2D eigenvalue weighted by atomic mass is 35.5. The fraction of sp³-hybridized carbons (Fsp3) is 0.143. The van der Waals surface area contributed by atoms with Crippen molar-refractivity contribution in [2.75, 3.05) is 13.2 Å². The first kappa shape index (κ1) is 15.6. The Hall–Kier alpha value is -1.76. The second kappa shape index (κ2) is 7.31. The van der Waals surface area contributed by atoms with Crippen molar-refractivity contribution in [1.29, 1.82) is 0 Å². The van der Waals surface area contributed by atoms with E-state index in [1.54, 1.807) is 18.2 Å². The largest absolute Gasteiger partial charge is 0.490 e. The zero-order chi connectivity index (χ0) is 15.2. The van der Waals surface area contributed by atoms with Gasteiger partial charge in [-0.3, -0.25) is 0 Å². The van der Waals surface area contributed by atoms with Gasteiger partial charge in [0, 0.05) is 0 Å². The van der Waals surface area contributed by atoms with E-state index in [0.29, 0.717) is 11.2 Å². The Morgan fingerprint density at radius 1 is 1.00 bits per heavy atom. The van der Waals surface area contributed by atoms with Gasteiger partial charge in [0.15, 0.2) is 11.6 Å². The number of benzene rings is 2. The van der Waals surface area contributed by atoms with Crippen LogP contribution in [-0.2, 0) is 0 Å². The molecule has 0 atom stereocenters. The Labute approximate surface area is 126 Å². The summed E-state index contributed by atoms with van der Waals surface area (Å²) in [6.07, 6.45) is 0. The molecule has 0 aliphatic carbocycles. The Kier molecular flexibility index (Phi) is 5.44. The van der Waals surface area contributed by atoms with Crippen molar-refractivity contribution in [3.8, 4) is 11.5 Å². The number of rotatable bonds is 6. The minimum atomic E-state index is -1.51. The van der Waals surface area contributed by atoms with Gasteiger partial charge in [-0.05, 0) is 29.7 Å². The van der Waals surface area contributed by atoms with E-state index in [-0.39, 0.29) is 24.0 Å². The van der Waals surface area contributed by atoms with Crippen LogP contribution in [0.2, 0.25) is 5.02 Å². The van der Waals surface area contributed by atoms with E-state index in [1.165, 1.54) is 24.3 Å². The van der Waals surface area contributed by atoms with Gasteiger partial charge < -0.3 is 19.5 Å². The van der Waals surface area contributed by atoms with Gasteiger partial charge in [-0.1, -0.05) is 29.8 Å². The second-order valence-electron chi connectivity index (χ2n) is 4.19. The molecule has 0 radical (unpaired) electrons. The smallest absolute Gasteiger partial charge is 0.488 e. The molecule has 2 rings (SSSR count). The van der Waals surface area contributed by atoms with Gasteiger partial charge in [-0.25, -0.2) is 4.39 Å². The van der Waals surface area contributed by atoms with Crippen LogP contribution >= 0.6 is 11.6 Å². The lowest BCUT2D eigenvalue weighted by atomic mass is 9.80. The molecule has 2 N–H and O–H groups in total. The van der Waals surface area contributed by atoms with Gasteiger partial charge in [-0.2, -0.15) is 0 Å². The fourth-order valence-corrected chi connectivity index (χ4v) is 1.81. The fourth-order valence-electron chi connectivity index (χ4n) is 1.64. The highest BCUT2D eigenvalue weighted by molar-refractivity contribution is 6.58. The zero-order valence-electron chi connectivity index (χ0n) is 11.0. The quantitative estimate of drug-likeness (QED) is 0.629. The third kappa shape index (κ3) is 4.36. The van der Waals surface area contributed by atoms with Gasteiger partial charge in [0.2, 0.25) is 0 Å². The molecule has 0 fully saturated rings. The van der Waals surface area contributed by atoms with E-state index in [1.807, 2.05) is 0 Å². The first-order chi connectivity index (χ1) is 10.1. The number of hydrogen-bond acceptors (Lipinski definition) is 4. The normalized spacial score (nSPS) is 10.3. The molecule has 7 heteroatoms. The van der Waals surface area contributed by atoms with Crippen molar-refractivity contribution in [3.05, 3.63) is 53.3 Å². The molecule has 21 heavy (non-hydrogen) atoms. The maximum Gasteiger partial charge on any atom is 0.488 e. The Morgan fingerprint density at radius 2 is 1.67 bits per heavy atom. The van der Waals surface area contributed by atoms with Crippen molar-refractivity contribution >= 4 is 24.2 Å². The molecule has 0 amide bonds. The highest BCUT2D eigenvalue weighted by Gasteiger charge is 2.10. The van der Waals surface area contributed by atoms with Crippen molar-refractivity contribution in [3.63, 3.8) is 0 Å². The van der Waals surface area contributed by atoms with Gasteiger partial charge in [-0.15, -0.1) is 0 Å². The van der Waals surface area contributed by atoms with Crippen LogP contribution in [0.25, 0.3) is 0 Å². The third-order valence-corrected chi connectivity index (χ3v) is 3.00. The molecule has 2 aromatic rings. The van der Waals surface area contributed by atoms with Gasteiger partial charge >= 0.3 is 7.12 Å². The van der Waals surface area contributed by atoms with Crippen LogP contribution < -0.4 is 14.9 Å². The molecule has 0 aliphatic heterocycles. The van der Waals surface area contributed by atoms with Gasteiger partial charge in [0.25, 0.3) is 0 Å². The van der Waals surface area contributed by atoms with Crippen LogP contribution in [0, 0.1) is 5.82 Å². The van der Waals surface area contributed by atoms with E-state index in [9.17, 15) is 4.39 Å². The van der Waals surface area contributed by atoms with Crippen LogP contribution in [-0.4, -0.2) is 30.4 Å². The standard InChI is InChI=1S/C14H13BClFO4/c16-12-2-1-3-13(14(12)17)21-9-8-20-11-6-4-10(5-7-11)15(18)19/h1-7,18-19H,8-9H2. The monoisotopic (exact) mass is 310 g/mol.